The average Bonchev–Trinajstić information content (AvgIpc) is 3.65. The highest BCUT2D eigenvalue weighted by Gasteiger charge is 2.49. The molecule has 10 heteroatoms. The molecule has 6 nitrogen and oxygen atoms in total. The molecule has 8 rings (SSSR count). The van der Waals surface area contributed by atoms with Gasteiger partial charge in [0.15, 0.2) is 5.82 Å². The van der Waals surface area contributed by atoms with Crippen LogP contribution in [0.15, 0.2) is 48.5 Å². The van der Waals surface area contributed by atoms with Gasteiger partial charge in [-0.3, -0.25) is 4.90 Å². The molecule has 5 heterocycles. The summed E-state index contributed by atoms with van der Waals surface area (Å²) < 4.78 is 65.1. The van der Waals surface area contributed by atoms with Gasteiger partial charge in [-0.2, -0.15) is 9.97 Å². The van der Waals surface area contributed by atoms with Gasteiger partial charge in [0.25, 0.3) is 6.43 Å². The molecular weight excluding hydrogens is 558 g/mol. The fraction of sp³-hybridized carbons (Fsp3) is 0.455. The molecule has 2 bridgehead atoms. The summed E-state index contributed by atoms with van der Waals surface area (Å²) in [7, 11) is 0. The number of nitrogens with one attached hydrogen (secondary N) is 1. The lowest BCUT2D eigenvalue weighted by Gasteiger charge is -2.34. The third kappa shape index (κ3) is 4.61. The molecule has 1 N–H and O–H groups in total. The summed E-state index contributed by atoms with van der Waals surface area (Å²) in [6.45, 7) is 2.93. The minimum atomic E-state index is -2.70. The number of nitrogens with zero attached hydrogens (tertiary/aromatic N) is 4. The molecule has 0 saturated carbocycles. The Morgan fingerprint density at radius 1 is 0.977 bits per heavy atom. The first-order valence-electron chi connectivity index (χ1n) is 15.2. The zero-order valence-corrected chi connectivity index (χ0v) is 23.7. The molecule has 0 amide bonds. The predicted molar refractivity (Wildman–Crippen MR) is 158 cm³/mol. The van der Waals surface area contributed by atoms with Crippen molar-refractivity contribution in [1.29, 1.82) is 0 Å². The number of aromatic nitrogens is 2. The van der Waals surface area contributed by atoms with Crippen LogP contribution in [-0.4, -0.2) is 71.4 Å². The first-order chi connectivity index (χ1) is 20.9. The van der Waals surface area contributed by atoms with Crippen LogP contribution in [0.1, 0.15) is 44.1 Å². The molecule has 4 atom stereocenters. The number of rotatable bonds is 6. The Balaban J connectivity index is 1.25. The highest BCUT2D eigenvalue weighted by Crippen LogP contribution is 2.42. The molecule has 1 aromatic heterocycles. The number of hydrogen-bond donors (Lipinski definition) is 1. The van der Waals surface area contributed by atoms with E-state index in [4.69, 9.17) is 9.72 Å². The smallest absolute Gasteiger partial charge is 0.319 e. The largest absolute Gasteiger partial charge is 0.461 e. The Hall–Kier alpha value is -3.50. The number of piperazine rings is 1. The summed E-state index contributed by atoms with van der Waals surface area (Å²) in [6, 6.07) is 14.1. The van der Waals surface area contributed by atoms with Gasteiger partial charge in [0, 0.05) is 54.7 Å². The minimum absolute atomic E-state index is 0.0548. The van der Waals surface area contributed by atoms with E-state index in [0.29, 0.717) is 52.6 Å². The average molecular weight is 592 g/mol. The molecule has 0 aliphatic carbocycles. The molecule has 0 spiro atoms. The number of hydrogen-bond acceptors (Lipinski definition) is 6. The van der Waals surface area contributed by atoms with Crippen molar-refractivity contribution in [2.24, 2.45) is 0 Å². The molecule has 4 aromatic rings. The van der Waals surface area contributed by atoms with Crippen molar-refractivity contribution in [2.45, 2.75) is 62.3 Å². The molecule has 0 radical (unpaired) electrons. The van der Waals surface area contributed by atoms with Crippen LogP contribution >= 0.6 is 0 Å². The predicted octanol–water partition coefficient (Wildman–Crippen LogP) is 6.42. The number of benzene rings is 3. The Bertz CT molecular complexity index is 1710. The number of alkyl halides is 3. The lowest BCUT2D eigenvalue weighted by molar-refractivity contribution is 0.107. The third-order valence-corrected chi connectivity index (χ3v) is 9.94. The molecule has 2 unspecified atom stereocenters. The van der Waals surface area contributed by atoms with E-state index in [1.54, 1.807) is 24.3 Å². The van der Waals surface area contributed by atoms with Crippen LogP contribution in [-0.2, 0) is 0 Å². The second-order valence-electron chi connectivity index (χ2n) is 12.7. The molecule has 4 fully saturated rings. The number of ether oxygens (including phenoxy) is 1. The van der Waals surface area contributed by atoms with Crippen LogP contribution in [0.2, 0.25) is 0 Å². The topological polar surface area (TPSA) is 53.5 Å². The van der Waals surface area contributed by atoms with Crippen LogP contribution in [0.4, 0.5) is 23.4 Å². The lowest BCUT2D eigenvalue weighted by atomic mass is 9.94. The first-order valence-corrected chi connectivity index (χ1v) is 15.2. The van der Waals surface area contributed by atoms with E-state index in [2.05, 4.69) is 20.1 Å². The van der Waals surface area contributed by atoms with Gasteiger partial charge in [-0.1, -0.05) is 30.3 Å². The fourth-order valence-electron chi connectivity index (χ4n) is 7.94. The molecule has 224 valence electrons. The maximum Gasteiger partial charge on any atom is 0.319 e. The van der Waals surface area contributed by atoms with E-state index < -0.39 is 24.0 Å². The fourth-order valence-corrected chi connectivity index (χ4v) is 7.94. The molecule has 4 aliphatic rings. The summed E-state index contributed by atoms with van der Waals surface area (Å²) in [6.07, 6.45) is 0.768. The quantitative estimate of drug-likeness (QED) is 0.261. The molecule has 4 aliphatic heterocycles. The standard InChI is InChI=1S/C33H33F4N5O/c34-21-14-33(10-3-11-42(33)15-21)18-43-32-39-29-26(31(40-32)41-16-22-6-7-23(17-41)38-22)9-8-25(28(29)35)27-13-20(30(36)37)12-19-4-1-2-5-24(19)27/h1-2,4-5,8-9,12-13,21-23,30,38H,3,6-7,10-11,14-18H2/t21-,22?,23?,33+/m1/s1. The van der Waals surface area contributed by atoms with Crippen molar-refractivity contribution < 1.29 is 22.3 Å². The zero-order chi connectivity index (χ0) is 29.3. The maximum absolute atomic E-state index is 16.7. The van der Waals surface area contributed by atoms with Crippen molar-refractivity contribution in [2.75, 3.05) is 37.7 Å². The Morgan fingerprint density at radius 3 is 2.60 bits per heavy atom. The van der Waals surface area contributed by atoms with Crippen molar-refractivity contribution in [3.05, 3.63) is 59.9 Å². The van der Waals surface area contributed by atoms with Gasteiger partial charge in [-0.05, 0) is 66.8 Å². The van der Waals surface area contributed by atoms with Gasteiger partial charge in [-0.15, -0.1) is 0 Å². The summed E-state index contributed by atoms with van der Waals surface area (Å²) >= 11 is 0. The van der Waals surface area contributed by atoms with Crippen molar-refractivity contribution >= 4 is 27.5 Å². The van der Waals surface area contributed by atoms with E-state index in [1.807, 2.05) is 12.1 Å². The van der Waals surface area contributed by atoms with Crippen LogP contribution in [0.5, 0.6) is 6.01 Å². The summed E-state index contributed by atoms with van der Waals surface area (Å²) in [5.41, 5.74) is 0.0986. The lowest BCUT2D eigenvalue weighted by Crippen LogP contribution is -2.51. The molecule has 4 saturated heterocycles. The van der Waals surface area contributed by atoms with Crippen LogP contribution < -0.4 is 15.0 Å². The summed E-state index contributed by atoms with van der Waals surface area (Å²) in [5.74, 6) is -0.00312. The molecule has 3 aromatic carbocycles. The second kappa shape index (κ2) is 10.3. The minimum Gasteiger partial charge on any atom is -0.461 e. The van der Waals surface area contributed by atoms with Gasteiger partial charge < -0.3 is 15.0 Å². The second-order valence-corrected chi connectivity index (χ2v) is 12.7. The van der Waals surface area contributed by atoms with Crippen LogP contribution in [0.25, 0.3) is 32.8 Å². The van der Waals surface area contributed by atoms with Gasteiger partial charge >= 0.3 is 6.01 Å². The normalized spacial score (nSPS) is 27.1. The molecular formula is C33H33F4N5O. The zero-order valence-electron chi connectivity index (χ0n) is 23.7. The highest BCUT2D eigenvalue weighted by molar-refractivity contribution is 6.01. The molecule has 43 heavy (non-hydrogen) atoms. The van der Waals surface area contributed by atoms with Crippen molar-refractivity contribution in [3.8, 4) is 17.1 Å². The third-order valence-electron chi connectivity index (χ3n) is 9.94. The van der Waals surface area contributed by atoms with E-state index in [1.165, 1.54) is 12.1 Å². The van der Waals surface area contributed by atoms with E-state index in [-0.39, 0.29) is 29.3 Å². The Labute approximate surface area is 247 Å². The van der Waals surface area contributed by atoms with Gasteiger partial charge in [0.1, 0.15) is 24.1 Å². The van der Waals surface area contributed by atoms with Gasteiger partial charge in [0.05, 0.1) is 5.54 Å². The van der Waals surface area contributed by atoms with Gasteiger partial charge in [0.2, 0.25) is 0 Å². The first kappa shape index (κ1) is 27.1. The Kier molecular flexibility index (Phi) is 6.49. The van der Waals surface area contributed by atoms with Gasteiger partial charge in [-0.25, -0.2) is 17.6 Å². The monoisotopic (exact) mass is 591 g/mol. The van der Waals surface area contributed by atoms with Crippen LogP contribution in [0, 0.1) is 5.82 Å². The van der Waals surface area contributed by atoms with Crippen molar-refractivity contribution in [3.63, 3.8) is 0 Å². The van der Waals surface area contributed by atoms with E-state index >= 15 is 4.39 Å². The Morgan fingerprint density at radius 2 is 1.79 bits per heavy atom. The SMILES string of the molecule is Fc1c(-c2cc(C(F)F)cc3ccccc23)ccc2c(N3CC4CCC(C3)N4)nc(OC[C@@]34CCCN3C[C@H](F)C4)nc12. The van der Waals surface area contributed by atoms with E-state index in [0.717, 1.165) is 45.3 Å². The number of halogens is 4. The maximum atomic E-state index is 16.7. The summed E-state index contributed by atoms with van der Waals surface area (Å²) in [5, 5.41) is 5.47. The van der Waals surface area contributed by atoms with E-state index in [9.17, 15) is 13.2 Å². The summed E-state index contributed by atoms with van der Waals surface area (Å²) in [4.78, 5) is 13.8. The number of anilines is 1. The van der Waals surface area contributed by atoms with Crippen molar-refractivity contribution in [1.82, 2.24) is 20.2 Å². The number of fused-ring (bicyclic) bond motifs is 5. The highest BCUT2D eigenvalue weighted by atomic mass is 19.3. The van der Waals surface area contributed by atoms with Crippen LogP contribution in [0.3, 0.4) is 0 Å².